The quantitative estimate of drug-likeness (QED) is 0.331. The van der Waals surface area contributed by atoms with Crippen LogP contribution in [0.5, 0.6) is 0 Å². The first kappa shape index (κ1) is 9.51. The lowest BCUT2D eigenvalue weighted by atomic mass is 10.3. The molecule has 0 bridgehead atoms. The van der Waals surface area contributed by atoms with Crippen LogP contribution in [-0.4, -0.2) is 20.4 Å². The van der Waals surface area contributed by atoms with Crippen molar-refractivity contribution in [1.82, 2.24) is 9.38 Å². The molecule has 0 spiro atoms. The number of aryl methyl sites for hydroxylation is 1. The second-order valence-electron chi connectivity index (χ2n) is 3.40. The van der Waals surface area contributed by atoms with Crippen LogP contribution >= 0.6 is 0 Å². The topological polar surface area (TPSA) is 75.9 Å². The number of aromatic nitrogens is 2. The average molecular weight is 204 g/mol. The molecular formula is C10H12N4O. The normalized spacial score (nSPS) is 12.2. The summed E-state index contributed by atoms with van der Waals surface area (Å²) >= 11 is 0. The van der Waals surface area contributed by atoms with Crippen molar-refractivity contribution in [3.05, 3.63) is 35.8 Å². The van der Waals surface area contributed by atoms with Crippen molar-refractivity contribution in [3.8, 4) is 0 Å². The van der Waals surface area contributed by atoms with E-state index in [-0.39, 0.29) is 5.84 Å². The third kappa shape index (κ3) is 1.76. The number of nitrogens with two attached hydrogens (primary N) is 1. The molecule has 5 nitrogen and oxygen atoms in total. The molecule has 0 aliphatic rings. The molecule has 0 aliphatic heterocycles. The molecule has 2 aromatic rings. The molecule has 3 N–H and O–H groups in total. The molecule has 0 aromatic carbocycles. The minimum atomic E-state index is 0.163. The van der Waals surface area contributed by atoms with Crippen LogP contribution in [0.15, 0.2) is 29.6 Å². The molecular weight excluding hydrogens is 192 g/mol. The summed E-state index contributed by atoms with van der Waals surface area (Å²) < 4.78 is 1.97. The monoisotopic (exact) mass is 204 g/mol. The molecule has 2 heterocycles. The van der Waals surface area contributed by atoms with Crippen molar-refractivity contribution in [2.24, 2.45) is 10.9 Å². The largest absolute Gasteiger partial charge is 0.409 e. The zero-order valence-corrected chi connectivity index (χ0v) is 8.38. The lowest BCUT2D eigenvalue weighted by Crippen LogP contribution is -2.14. The van der Waals surface area contributed by atoms with Crippen molar-refractivity contribution in [2.45, 2.75) is 13.3 Å². The van der Waals surface area contributed by atoms with Crippen LogP contribution in [0.25, 0.3) is 5.65 Å². The fourth-order valence-corrected chi connectivity index (χ4v) is 1.50. The van der Waals surface area contributed by atoms with E-state index in [0.717, 1.165) is 17.0 Å². The summed E-state index contributed by atoms with van der Waals surface area (Å²) in [7, 11) is 0. The zero-order chi connectivity index (χ0) is 10.8. The number of hydrogen-bond donors (Lipinski definition) is 2. The highest BCUT2D eigenvalue weighted by molar-refractivity contribution is 5.81. The number of fused-ring (bicyclic) bond motifs is 1. The summed E-state index contributed by atoms with van der Waals surface area (Å²) in [5.74, 6) is 0.163. The minimum Gasteiger partial charge on any atom is -0.409 e. The van der Waals surface area contributed by atoms with E-state index in [1.54, 1.807) is 0 Å². The second-order valence-corrected chi connectivity index (χ2v) is 3.40. The average Bonchev–Trinajstić information content (AvgIpc) is 2.62. The van der Waals surface area contributed by atoms with E-state index in [2.05, 4.69) is 10.1 Å². The van der Waals surface area contributed by atoms with Gasteiger partial charge in [0.2, 0.25) is 0 Å². The minimum absolute atomic E-state index is 0.163. The van der Waals surface area contributed by atoms with Gasteiger partial charge in [0.25, 0.3) is 0 Å². The third-order valence-corrected chi connectivity index (χ3v) is 2.24. The van der Waals surface area contributed by atoms with Gasteiger partial charge in [0.05, 0.1) is 12.1 Å². The van der Waals surface area contributed by atoms with E-state index < -0.39 is 0 Å². The molecule has 78 valence electrons. The van der Waals surface area contributed by atoms with E-state index in [0.29, 0.717) is 6.42 Å². The molecule has 0 saturated heterocycles. The van der Waals surface area contributed by atoms with Gasteiger partial charge in [-0.15, -0.1) is 0 Å². The van der Waals surface area contributed by atoms with E-state index in [1.807, 2.05) is 35.7 Å². The Morgan fingerprint density at radius 1 is 1.60 bits per heavy atom. The van der Waals surface area contributed by atoms with Gasteiger partial charge in [0, 0.05) is 11.9 Å². The maximum atomic E-state index is 8.45. The van der Waals surface area contributed by atoms with Crippen LogP contribution in [0.3, 0.4) is 0 Å². The van der Waals surface area contributed by atoms with Gasteiger partial charge >= 0.3 is 0 Å². The predicted octanol–water partition coefficient (Wildman–Crippen LogP) is 0.932. The van der Waals surface area contributed by atoms with Gasteiger partial charge in [-0.2, -0.15) is 0 Å². The molecule has 2 aromatic heterocycles. The maximum Gasteiger partial charge on any atom is 0.145 e. The van der Waals surface area contributed by atoms with Gasteiger partial charge < -0.3 is 15.3 Å². The van der Waals surface area contributed by atoms with Crippen molar-refractivity contribution in [3.63, 3.8) is 0 Å². The Balaban J connectivity index is 2.43. The van der Waals surface area contributed by atoms with Crippen molar-refractivity contribution >= 4 is 11.5 Å². The van der Waals surface area contributed by atoms with Crippen LogP contribution < -0.4 is 5.73 Å². The molecule has 0 atom stereocenters. The highest BCUT2D eigenvalue weighted by atomic mass is 16.4. The highest BCUT2D eigenvalue weighted by Crippen LogP contribution is 2.08. The number of pyridine rings is 1. The second kappa shape index (κ2) is 3.61. The lowest BCUT2D eigenvalue weighted by Gasteiger charge is -1.95. The van der Waals surface area contributed by atoms with E-state index in [1.165, 1.54) is 0 Å². The Morgan fingerprint density at radius 3 is 3.07 bits per heavy atom. The number of rotatable bonds is 2. The van der Waals surface area contributed by atoms with Crippen LogP contribution in [-0.2, 0) is 6.42 Å². The smallest absolute Gasteiger partial charge is 0.145 e. The molecule has 0 radical (unpaired) electrons. The summed E-state index contributed by atoms with van der Waals surface area (Å²) in [6.45, 7) is 2.00. The molecule has 0 amide bonds. The van der Waals surface area contributed by atoms with Crippen molar-refractivity contribution in [2.75, 3.05) is 0 Å². The predicted molar refractivity (Wildman–Crippen MR) is 57.0 cm³/mol. The lowest BCUT2D eigenvalue weighted by molar-refractivity contribution is 0.317. The zero-order valence-electron chi connectivity index (χ0n) is 8.38. The molecule has 0 fully saturated rings. The third-order valence-electron chi connectivity index (χ3n) is 2.24. The van der Waals surface area contributed by atoms with Crippen LogP contribution in [0.4, 0.5) is 0 Å². The first-order valence-electron chi connectivity index (χ1n) is 4.60. The molecule has 0 unspecified atom stereocenters. The highest BCUT2D eigenvalue weighted by Gasteiger charge is 2.04. The van der Waals surface area contributed by atoms with Gasteiger partial charge in [-0.1, -0.05) is 11.2 Å². The van der Waals surface area contributed by atoms with Gasteiger partial charge in [-0.3, -0.25) is 0 Å². The fourth-order valence-electron chi connectivity index (χ4n) is 1.50. The van der Waals surface area contributed by atoms with Crippen LogP contribution in [0.1, 0.15) is 11.4 Å². The van der Waals surface area contributed by atoms with Gasteiger partial charge in [-0.05, 0) is 19.1 Å². The summed E-state index contributed by atoms with van der Waals surface area (Å²) in [4.78, 5) is 4.35. The summed E-state index contributed by atoms with van der Waals surface area (Å²) in [5.41, 5.74) is 8.18. The van der Waals surface area contributed by atoms with E-state index in [9.17, 15) is 0 Å². The number of hydrogen-bond acceptors (Lipinski definition) is 3. The van der Waals surface area contributed by atoms with Crippen LogP contribution in [0.2, 0.25) is 0 Å². The molecule has 0 saturated carbocycles. The number of oxime groups is 1. The summed E-state index contributed by atoms with van der Waals surface area (Å²) in [6, 6.07) is 5.87. The van der Waals surface area contributed by atoms with Gasteiger partial charge in [0.1, 0.15) is 11.5 Å². The fraction of sp³-hybridized carbons (Fsp3) is 0.200. The summed E-state index contributed by atoms with van der Waals surface area (Å²) in [6.07, 6.45) is 2.25. The Hall–Kier alpha value is -2.04. The molecule has 15 heavy (non-hydrogen) atoms. The van der Waals surface area contributed by atoms with E-state index in [4.69, 9.17) is 10.9 Å². The Bertz CT molecular complexity index is 515. The molecule has 5 heteroatoms. The van der Waals surface area contributed by atoms with Crippen LogP contribution in [0, 0.1) is 6.92 Å². The maximum absolute atomic E-state index is 8.45. The van der Waals surface area contributed by atoms with Gasteiger partial charge in [0.15, 0.2) is 0 Å². The van der Waals surface area contributed by atoms with Crippen molar-refractivity contribution in [1.29, 1.82) is 0 Å². The molecule has 0 aliphatic carbocycles. The number of amidine groups is 1. The van der Waals surface area contributed by atoms with Gasteiger partial charge in [-0.25, -0.2) is 4.98 Å². The Labute approximate surface area is 86.8 Å². The van der Waals surface area contributed by atoms with E-state index >= 15 is 0 Å². The molecule has 2 rings (SSSR count). The Morgan fingerprint density at radius 2 is 2.40 bits per heavy atom. The standard InChI is InChI=1S/C10H12N4O/c1-7-3-2-4-10-12-8(6-14(7)10)5-9(11)13-15/h2-4,6,15H,5H2,1H3,(H2,11,13). The first-order chi connectivity index (χ1) is 7.20. The summed E-state index contributed by atoms with van der Waals surface area (Å²) in [5, 5.41) is 11.4. The Kier molecular flexibility index (Phi) is 2.29. The van der Waals surface area contributed by atoms with Crippen molar-refractivity contribution < 1.29 is 5.21 Å². The SMILES string of the molecule is Cc1cccc2nc(C/C(N)=N/O)cn12. The number of imidazole rings is 1. The number of nitrogens with zero attached hydrogens (tertiary/aromatic N) is 3. The first-order valence-corrected chi connectivity index (χ1v) is 4.60.